The molecule has 1 aromatic carbocycles. The molecule has 0 unspecified atom stereocenters. The fourth-order valence-electron chi connectivity index (χ4n) is 2.00. The van der Waals surface area contributed by atoms with Crippen molar-refractivity contribution in [1.82, 2.24) is 15.5 Å². The Morgan fingerprint density at radius 2 is 1.96 bits per heavy atom. The van der Waals surface area contributed by atoms with E-state index in [1.165, 1.54) is 12.1 Å². The number of carbonyl (C=O) groups is 1. The highest BCUT2D eigenvalue weighted by molar-refractivity contribution is 9.10. The van der Waals surface area contributed by atoms with Gasteiger partial charge in [0.1, 0.15) is 0 Å². The highest BCUT2D eigenvalue weighted by Crippen LogP contribution is 2.25. The van der Waals surface area contributed by atoms with Gasteiger partial charge < -0.3 is 5.32 Å². The molecular formula is C15H18BrN3O3S. The van der Waals surface area contributed by atoms with Crippen LogP contribution in [0.1, 0.15) is 35.9 Å². The first kappa shape index (κ1) is 17.7. The first-order valence-corrected chi connectivity index (χ1v) is 9.57. The molecule has 2 rings (SSSR count). The number of aromatic nitrogens is 2. The number of nitrogens with one attached hydrogen (secondary N) is 2. The number of aromatic amines is 1. The van der Waals surface area contributed by atoms with Crippen LogP contribution in [0.25, 0.3) is 0 Å². The van der Waals surface area contributed by atoms with E-state index in [-0.39, 0.29) is 28.8 Å². The maximum Gasteiger partial charge on any atom is 0.272 e. The Morgan fingerprint density at radius 3 is 2.52 bits per heavy atom. The van der Waals surface area contributed by atoms with Crippen LogP contribution in [0.3, 0.4) is 0 Å². The number of hydrogen-bond donors (Lipinski definition) is 2. The SMILES string of the molecule is CC(C)c1[nH]nc(C(=O)NCCS(=O)(=O)c2ccccc2)c1Br. The summed E-state index contributed by atoms with van der Waals surface area (Å²) in [4.78, 5) is 12.4. The Bertz CT molecular complexity index is 786. The molecule has 1 aromatic heterocycles. The normalized spacial score (nSPS) is 11.7. The summed E-state index contributed by atoms with van der Waals surface area (Å²) < 4.78 is 24.9. The fraction of sp³-hybridized carbons (Fsp3) is 0.333. The van der Waals surface area contributed by atoms with E-state index in [1.807, 2.05) is 13.8 Å². The topological polar surface area (TPSA) is 91.9 Å². The lowest BCUT2D eigenvalue weighted by Gasteiger charge is -2.06. The molecule has 0 atom stereocenters. The summed E-state index contributed by atoms with van der Waals surface area (Å²) in [6.07, 6.45) is 0. The number of amides is 1. The van der Waals surface area contributed by atoms with Gasteiger partial charge in [-0.1, -0.05) is 32.0 Å². The van der Waals surface area contributed by atoms with Crippen LogP contribution in [0, 0.1) is 0 Å². The van der Waals surface area contributed by atoms with Gasteiger partial charge in [0.2, 0.25) is 0 Å². The zero-order valence-corrected chi connectivity index (χ0v) is 15.2. The minimum Gasteiger partial charge on any atom is -0.350 e. The number of sulfone groups is 1. The summed E-state index contributed by atoms with van der Waals surface area (Å²) in [7, 11) is -3.41. The molecule has 0 aliphatic carbocycles. The number of halogens is 1. The van der Waals surface area contributed by atoms with Crippen LogP contribution in [-0.2, 0) is 9.84 Å². The molecule has 0 fully saturated rings. The number of rotatable bonds is 6. The largest absolute Gasteiger partial charge is 0.350 e. The molecule has 2 N–H and O–H groups in total. The van der Waals surface area contributed by atoms with E-state index < -0.39 is 15.7 Å². The summed E-state index contributed by atoms with van der Waals surface area (Å²) >= 11 is 3.35. The van der Waals surface area contributed by atoms with Gasteiger partial charge in [0.05, 0.1) is 20.8 Å². The average Bonchev–Trinajstić information content (AvgIpc) is 2.90. The summed E-state index contributed by atoms with van der Waals surface area (Å²) in [6.45, 7) is 3.98. The molecule has 124 valence electrons. The van der Waals surface area contributed by atoms with Crippen LogP contribution in [0.5, 0.6) is 0 Å². The lowest BCUT2D eigenvalue weighted by atomic mass is 10.1. The molecule has 1 amide bonds. The third kappa shape index (κ3) is 4.20. The van der Waals surface area contributed by atoms with Gasteiger partial charge in [-0.15, -0.1) is 0 Å². The van der Waals surface area contributed by atoms with E-state index in [2.05, 4.69) is 31.4 Å². The highest BCUT2D eigenvalue weighted by Gasteiger charge is 2.20. The van der Waals surface area contributed by atoms with E-state index in [9.17, 15) is 13.2 Å². The van der Waals surface area contributed by atoms with Gasteiger partial charge in [0, 0.05) is 6.54 Å². The van der Waals surface area contributed by atoms with Crippen LogP contribution in [-0.4, -0.2) is 36.8 Å². The first-order valence-electron chi connectivity index (χ1n) is 7.12. The van der Waals surface area contributed by atoms with Crippen molar-refractivity contribution < 1.29 is 13.2 Å². The second kappa shape index (κ2) is 7.27. The monoisotopic (exact) mass is 399 g/mol. The molecule has 0 aliphatic heterocycles. The molecule has 23 heavy (non-hydrogen) atoms. The van der Waals surface area contributed by atoms with Gasteiger partial charge in [-0.3, -0.25) is 9.89 Å². The first-order chi connectivity index (χ1) is 10.8. The van der Waals surface area contributed by atoms with Gasteiger partial charge in [-0.25, -0.2) is 8.42 Å². The molecule has 0 aliphatic rings. The number of hydrogen-bond acceptors (Lipinski definition) is 4. The maximum absolute atomic E-state index is 12.1. The summed E-state index contributed by atoms with van der Waals surface area (Å²) in [5, 5.41) is 9.38. The van der Waals surface area contributed by atoms with Crippen molar-refractivity contribution in [2.45, 2.75) is 24.7 Å². The molecule has 2 aromatic rings. The van der Waals surface area contributed by atoms with Crippen LogP contribution in [0.4, 0.5) is 0 Å². The molecule has 1 heterocycles. The predicted octanol–water partition coefficient (Wildman–Crippen LogP) is 2.50. The van der Waals surface area contributed by atoms with Crippen LogP contribution in [0.15, 0.2) is 39.7 Å². The number of nitrogens with zero attached hydrogens (tertiary/aromatic N) is 1. The standard InChI is InChI=1S/C15H18BrN3O3S/c1-10(2)13-12(16)14(19-18-13)15(20)17-8-9-23(21,22)11-6-4-3-5-7-11/h3-7,10H,8-9H2,1-2H3,(H,17,20)(H,18,19). The minimum atomic E-state index is -3.41. The van der Waals surface area contributed by atoms with Crippen molar-refractivity contribution >= 4 is 31.7 Å². The zero-order valence-electron chi connectivity index (χ0n) is 12.8. The average molecular weight is 400 g/mol. The van der Waals surface area contributed by atoms with Crippen molar-refractivity contribution in [3.63, 3.8) is 0 Å². The van der Waals surface area contributed by atoms with Crippen molar-refractivity contribution in [1.29, 1.82) is 0 Å². The van der Waals surface area contributed by atoms with E-state index in [4.69, 9.17) is 0 Å². The second-order valence-corrected chi connectivity index (χ2v) is 8.24. The molecule has 0 spiro atoms. The third-order valence-corrected chi connectivity index (χ3v) is 5.82. The number of H-pyrrole nitrogens is 1. The number of benzene rings is 1. The summed E-state index contributed by atoms with van der Waals surface area (Å²) in [5.74, 6) is -0.387. The molecular weight excluding hydrogens is 382 g/mol. The van der Waals surface area contributed by atoms with Gasteiger partial charge in [-0.2, -0.15) is 5.10 Å². The van der Waals surface area contributed by atoms with Crippen molar-refractivity contribution in [2.24, 2.45) is 0 Å². The zero-order chi connectivity index (χ0) is 17.0. The molecule has 6 nitrogen and oxygen atoms in total. The molecule has 8 heteroatoms. The summed E-state index contributed by atoms with van der Waals surface area (Å²) in [5.41, 5.74) is 1.05. The van der Waals surface area contributed by atoms with E-state index >= 15 is 0 Å². The predicted molar refractivity (Wildman–Crippen MR) is 91.2 cm³/mol. The summed E-state index contributed by atoms with van der Waals surface area (Å²) in [6, 6.07) is 8.16. The Balaban J connectivity index is 1.98. The minimum absolute atomic E-state index is 0.0202. The van der Waals surface area contributed by atoms with Crippen LogP contribution >= 0.6 is 15.9 Å². The Kier molecular flexibility index (Phi) is 5.59. The van der Waals surface area contributed by atoms with Gasteiger partial charge in [-0.05, 0) is 34.0 Å². The van der Waals surface area contributed by atoms with E-state index in [0.29, 0.717) is 4.47 Å². The lowest BCUT2D eigenvalue weighted by molar-refractivity contribution is 0.0950. The lowest BCUT2D eigenvalue weighted by Crippen LogP contribution is -2.29. The second-order valence-electron chi connectivity index (χ2n) is 5.34. The van der Waals surface area contributed by atoms with Crippen molar-refractivity contribution in [2.75, 3.05) is 12.3 Å². The molecule has 0 saturated heterocycles. The van der Waals surface area contributed by atoms with Crippen LogP contribution in [0.2, 0.25) is 0 Å². The third-order valence-electron chi connectivity index (χ3n) is 3.28. The molecule has 0 bridgehead atoms. The smallest absolute Gasteiger partial charge is 0.272 e. The van der Waals surface area contributed by atoms with E-state index in [0.717, 1.165) is 5.69 Å². The molecule has 0 saturated carbocycles. The van der Waals surface area contributed by atoms with Crippen LogP contribution < -0.4 is 5.32 Å². The van der Waals surface area contributed by atoms with Crippen molar-refractivity contribution in [3.05, 3.63) is 46.2 Å². The number of carbonyl (C=O) groups excluding carboxylic acids is 1. The van der Waals surface area contributed by atoms with Gasteiger partial charge >= 0.3 is 0 Å². The van der Waals surface area contributed by atoms with Crippen molar-refractivity contribution in [3.8, 4) is 0 Å². The quantitative estimate of drug-likeness (QED) is 0.780. The molecule has 0 radical (unpaired) electrons. The van der Waals surface area contributed by atoms with E-state index in [1.54, 1.807) is 18.2 Å². The fourth-order valence-corrected chi connectivity index (χ4v) is 4.00. The Hall–Kier alpha value is -1.67. The highest BCUT2D eigenvalue weighted by atomic mass is 79.9. The Labute approximate surface area is 143 Å². The van der Waals surface area contributed by atoms with Gasteiger partial charge in [0.25, 0.3) is 5.91 Å². The maximum atomic E-state index is 12.1. The van der Waals surface area contributed by atoms with Gasteiger partial charge in [0.15, 0.2) is 15.5 Å². The Morgan fingerprint density at radius 1 is 1.30 bits per heavy atom.